The van der Waals surface area contributed by atoms with E-state index in [4.69, 9.17) is 0 Å². The van der Waals surface area contributed by atoms with Crippen LogP contribution in [0.4, 0.5) is 0 Å². The van der Waals surface area contributed by atoms with E-state index in [2.05, 4.69) is 77.9 Å². The minimum atomic E-state index is 0.108. The molecule has 0 saturated carbocycles. The van der Waals surface area contributed by atoms with Crippen LogP contribution in [-0.2, 0) is 10.8 Å². The molecule has 0 heteroatoms. The topological polar surface area (TPSA) is 0 Å². The van der Waals surface area contributed by atoms with E-state index in [0.29, 0.717) is 0 Å². The van der Waals surface area contributed by atoms with Gasteiger partial charge in [0.05, 0.1) is 0 Å². The second kappa shape index (κ2) is 7.55. The third-order valence-electron chi connectivity index (χ3n) is 4.79. The van der Waals surface area contributed by atoms with Gasteiger partial charge in [-0.15, -0.1) is 0 Å². The molecule has 0 atom stereocenters. The molecule has 0 fully saturated rings. The molecule has 0 N–H and O–H groups in total. The normalized spacial score (nSPS) is 13.8. The van der Waals surface area contributed by atoms with Crippen LogP contribution in [0.1, 0.15) is 84.6 Å². The summed E-state index contributed by atoms with van der Waals surface area (Å²) in [6, 6.07) is 13.5. The van der Waals surface area contributed by atoms with Crippen LogP contribution in [-0.4, -0.2) is 0 Å². The Balaban J connectivity index is 0.000000671. The Morgan fingerprint density at radius 2 is 1.29 bits per heavy atom. The van der Waals surface area contributed by atoms with Crippen LogP contribution in [0.3, 0.4) is 0 Å². The predicted octanol–water partition coefficient (Wildman–Crippen LogP) is 7.65. The molecule has 0 radical (unpaired) electrons. The lowest BCUT2D eigenvalue weighted by molar-refractivity contribution is 0.578. The molecule has 0 heterocycles. The van der Waals surface area contributed by atoms with Crippen molar-refractivity contribution in [2.75, 3.05) is 0 Å². The third kappa shape index (κ3) is 3.29. The molecule has 24 heavy (non-hydrogen) atoms. The Morgan fingerprint density at radius 3 is 1.83 bits per heavy atom. The fraction of sp³-hybridized carbons (Fsp3) is 0.500. The Bertz CT molecular complexity index is 682. The monoisotopic (exact) mass is 324 g/mol. The third-order valence-corrected chi connectivity index (χ3v) is 4.79. The van der Waals surface area contributed by atoms with E-state index in [0.717, 1.165) is 0 Å². The fourth-order valence-electron chi connectivity index (χ4n) is 3.95. The van der Waals surface area contributed by atoms with Crippen LogP contribution in [0.2, 0.25) is 0 Å². The number of hydrogen-bond donors (Lipinski definition) is 0. The van der Waals surface area contributed by atoms with Crippen molar-refractivity contribution in [1.82, 2.24) is 0 Å². The molecule has 0 amide bonds. The predicted molar refractivity (Wildman–Crippen MR) is 110 cm³/mol. The summed E-state index contributed by atoms with van der Waals surface area (Å²) in [5.41, 5.74) is 9.07. The van der Waals surface area contributed by atoms with Crippen molar-refractivity contribution in [1.29, 1.82) is 0 Å². The summed E-state index contributed by atoms with van der Waals surface area (Å²) < 4.78 is 0. The number of rotatable bonds is 0. The summed E-state index contributed by atoms with van der Waals surface area (Å²) in [6.07, 6.45) is 0. The summed E-state index contributed by atoms with van der Waals surface area (Å²) in [5, 5.41) is 0. The van der Waals surface area contributed by atoms with Gasteiger partial charge in [-0.1, -0.05) is 98.7 Å². The molecule has 0 bridgehead atoms. The van der Waals surface area contributed by atoms with Crippen molar-refractivity contribution in [3.63, 3.8) is 0 Å². The molecule has 0 aliphatic heterocycles. The number of benzene rings is 2. The maximum atomic E-state index is 2.36. The van der Waals surface area contributed by atoms with E-state index in [-0.39, 0.29) is 10.8 Å². The molecular formula is C24H36. The molecule has 0 aromatic heterocycles. The lowest BCUT2D eigenvalue weighted by Gasteiger charge is -2.28. The first-order chi connectivity index (χ1) is 11.2. The Morgan fingerprint density at radius 1 is 0.750 bits per heavy atom. The van der Waals surface area contributed by atoms with Gasteiger partial charge in [0.25, 0.3) is 0 Å². The molecule has 3 rings (SSSR count). The SMILES string of the molecule is CC.CC.Cc1c(C(C)(C)C)ccc2c1C(C)(C)c1ccccc1-2. The first kappa shape index (κ1) is 20.5. The highest BCUT2D eigenvalue weighted by Crippen LogP contribution is 2.51. The summed E-state index contributed by atoms with van der Waals surface area (Å²) in [7, 11) is 0. The van der Waals surface area contributed by atoms with E-state index < -0.39 is 0 Å². The summed E-state index contributed by atoms with van der Waals surface area (Å²) in [4.78, 5) is 0. The van der Waals surface area contributed by atoms with Gasteiger partial charge in [0.1, 0.15) is 0 Å². The van der Waals surface area contributed by atoms with Gasteiger partial charge < -0.3 is 0 Å². The standard InChI is InChI=1S/C20H24.2C2H6/c1-13-16(19(2,3)4)12-11-15-14-9-7-8-10-17(14)20(5,6)18(13)15;2*1-2/h7-12H,1-6H3;2*1-2H3. The highest BCUT2D eigenvalue weighted by molar-refractivity contribution is 5.82. The van der Waals surface area contributed by atoms with E-state index in [1.165, 1.54) is 33.4 Å². The van der Waals surface area contributed by atoms with Gasteiger partial charge in [-0.2, -0.15) is 0 Å². The van der Waals surface area contributed by atoms with Crippen LogP contribution in [0, 0.1) is 6.92 Å². The quantitative estimate of drug-likeness (QED) is 0.467. The Kier molecular flexibility index (Phi) is 6.45. The van der Waals surface area contributed by atoms with E-state index in [1.807, 2.05) is 27.7 Å². The van der Waals surface area contributed by atoms with Gasteiger partial charge >= 0.3 is 0 Å². The van der Waals surface area contributed by atoms with Crippen molar-refractivity contribution < 1.29 is 0 Å². The lowest BCUT2D eigenvalue weighted by Crippen LogP contribution is -2.20. The van der Waals surface area contributed by atoms with Gasteiger partial charge in [0.2, 0.25) is 0 Å². The van der Waals surface area contributed by atoms with E-state index in [9.17, 15) is 0 Å². The van der Waals surface area contributed by atoms with Crippen molar-refractivity contribution in [3.05, 3.63) is 58.7 Å². The maximum Gasteiger partial charge on any atom is 0.0161 e. The summed E-state index contributed by atoms with van der Waals surface area (Å²) in [5.74, 6) is 0. The van der Waals surface area contributed by atoms with Crippen molar-refractivity contribution in [2.24, 2.45) is 0 Å². The molecule has 1 aliphatic carbocycles. The molecule has 132 valence electrons. The van der Waals surface area contributed by atoms with E-state index >= 15 is 0 Å². The molecular weight excluding hydrogens is 288 g/mol. The lowest BCUT2D eigenvalue weighted by atomic mass is 9.75. The Labute approximate surface area is 150 Å². The molecule has 2 aromatic carbocycles. The summed E-state index contributed by atoms with van der Waals surface area (Å²) in [6.45, 7) is 21.9. The van der Waals surface area contributed by atoms with Crippen LogP contribution < -0.4 is 0 Å². The number of hydrogen-bond acceptors (Lipinski definition) is 0. The van der Waals surface area contributed by atoms with Gasteiger partial charge in [-0.3, -0.25) is 0 Å². The van der Waals surface area contributed by atoms with Crippen LogP contribution in [0.5, 0.6) is 0 Å². The molecule has 2 aromatic rings. The molecule has 0 spiro atoms. The van der Waals surface area contributed by atoms with Crippen molar-refractivity contribution in [3.8, 4) is 11.1 Å². The van der Waals surface area contributed by atoms with Crippen molar-refractivity contribution in [2.45, 2.75) is 80.1 Å². The minimum absolute atomic E-state index is 0.108. The smallest absolute Gasteiger partial charge is 0.0161 e. The maximum absolute atomic E-state index is 2.36. The Hall–Kier alpha value is -1.56. The molecule has 0 nitrogen and oxygen atoms in total. The molecule has 0 unspecified atom stereocenters. The second-order valence-corrected chi connectivity index (χ2v) is 7.58. The summed E-state index contributed by atoms with van der Waals surface area (Å²) >= 11 is 0. The number of fused-ring (bicyclic) bond motifs is 3. The first-order valence-electron chi connectivity index (χ1n) is 9.49. The van der Waals surface area contributed by atoms with Crippen molar-refractivity contribution >= 4 is 0 Å². The zero-order valence-electron chi connectivity index (χ0n) is 17.5. The van der Waals surface area contributed by atoms with Gasteiger partial charge in [0.15, 0.2) is 0 Å². The van der Waals surface area contributed by atoms with Crippen LogP contribution >= 0.6 is 0 Å². The molecule has 0 saturated heterocycles. The van der Waals surface area contributed by atoms with E-state index in [1.54, 1.807) is 0 Å². The second-order valence-electron chi connectivity index (χ2n) is 7.58. The average molecular weight is 325 g/mol. The van der Waals surface area contributed by atoms with Crippen LogP contribution in [0.25, 0.3) is 11.1 Å². The van der Waals surface area contributed by atoms with Gasteiger partial charge in [-0.05, 0) is 45.7 Å². The largest absolute Gasteiger partial charge is 0.0683 e. The first-order valence-corrected chi connectivity index (χ1v) is 9.49. The van der Waals surface area contributed by atoms with Crippen LogP contribution in [0.15, 0.2) is 36.4 Å². The van der Waals surface area contributed by atoms with Gasteiger partial charge in [-0.25, -0.2) is 0 Å². The zero-order valence-corrected chi connectivity index (χ0v) is 17.5. The molecule has 1 aliphatic rings. The van der Waals surface area contributed by atoms with Gasteiger partial charge in [0, 0.05) is 5.41 Å². The zero-order chi connectivity index (χ0) is 18.7. The minimum Gasteiger partial charge on any atom is -0.0683 e. The fourth-order valence-corrected chi connectivity index (χ4v) is 3.95. The highest BCUT2D eigenvalue weighted by atomic mass is 14.4. The highest BCUT2D eigenvalue weighted by Gasteiger charge is 2.37. The average Bonchev–Trinajstić information content (AvgIpc) is 2.79.